The van der Waals surface area contributed by atoms with Crippen molar-refractivity contribution in [2.45, 2.75) is 12.8 Å². The van der Waals surface area contributed by atoms with Gasteiger partial charge in [-0.05, 0) is 23.6 Å². The Labute approximate surface area is 76.4 Å². The average Bonchev–Trinajstić information content (AvgIpc) is 2.28. The summed E-state index contributed by atoms with van der Waals surface area (Å²) in [5, 5.41) is 7.67. The molecule has 0 amide bonds. The molecule has 1 aliphatic carbocycles. The second-order valence-corrected chi connectivity index (χ2v) is 3.36. The summed E-state index contributed by atoms with van der Waals surface area (Å²) in [6.45, 7) is 0. The van der Waals surface area contributed by atoms with Crippen LogP contribution in [-0.2, 0) is 0 Å². The van der Waals surface area contributed by atoms with Crippen molar-refractivity contribution in [1.82, 2.24) is 0 Å². The van der Waals surface area contributed by atoms with E-state index in [0.717, 1.165) is 17.7 Å². The predicted molar refractivity (Wildman–Crippen MR) is 52.0 cm³/mol. The molecule has 0 saturated carbocycles. The lowest BCUT2D eigenvalue weighted by Crippen LogP contribution is -2.03. The van der Waals surface area contributed by atoms with Gasteiger partial charge in [-0.3, -0.25) is 0 Å². The first-order chi connectivity index (χ1) is 5.86. The van der Waals surface area contributed by atoms with Gasteiger partial charge in [-0.1, -0.05) is 18.3 Å². The highest BCUT2D eigenvalue weighted by molar-refractivity contribution is 7.80. The molecule has 0 saturated heterocycles. The Morgan fingerprint density at radius 3 is 3.17 bits per heavy atom. The van der Waals surface area contributed by atoms with Crippen molar-refractivity contribution < 1.29 is 0 Å². The molecular weight excluding hydrogens is 168 g/mol. The van der Waals surface area contributed by atoms with Crippen LogP contribution in [0.4, 0.5) is 0 Å². The maximum atomic E-state index is 5.14. The molecule has 0 radical (unpaired) electrons. The molecule has 0 aromatic rings. The van der Waals surface area contributed by atoms with Gasteiger partial charge in [-0.2, -0.15) is 10.2 Å². The third kappa shape index (κ3) is 1.41. The van der Waals surface area contributed by atoms with E-state index in [1.807, 2.05) is 6.08 Å². The Kier molecular flexibility index (Phi) is 1.96. The first-order valence-electron chi connectivity index (χ1n) is 3.84. The quantitative estimate of drug-likeness (QED) is 0.521. The third-order valence-electron chi connectivity index (χ3n) is 1.91. The fraction of sp³-hybridized carbons (Fsp3) is 0.222. The van der Waals surface area contributed by atoms with E-state index >= 15 is 0 Å². The van der Waals surface area contributed by atoms with Crippen LogP contribution < -0.4 is 0 Å². The highest BCUT2D eigenvalue weighted by atomic mass is 32.1. The zero-order chi connectivity index (χ0) is 8.39. The number of fused-ring (bicyclic) bond motifs is 1. The van der Waals surface area contributed by atoms with Gasteiger partial charge in [0.25, 0.3) is 0 Å². The normalized spacial score (nSPS) is 21.2. The summed E-state index contributed by atoms with van der Waals surface area (Å²) in [6.07, 6.45) is 9.38. The van der Waals surface area contributed by atoms with Crippen LogP contribution in [0.25, 0.3) is 0 Å². The van der Waals surface area contributed by atoms with Gasteiger partial charge in [-0.25, -0.2) is 0 Å². The minimum atomic E-state index is 0.866. The van der Waals surface area contributed by atoms with Crippen molar-refractivity contribution in [2.24, 2.45) is 10.2 Å². The molecule has 0 aromatic heterocycles. The molecule has 0 spiro atoms. The summed E-state index contributed by atoms with van der Waals surface area (Å²) in [5.74, 6) is 0. The van der Waals surface area contributed by atoms with E-state index in [9.17, 15) is 0 Å². The van der Waals surface area contributed by atoms with Gasteiger partial charge in [0, 0.05) is 11.3 Å². The monoisotopic (exact) mass is 176 g/mol. The second-order valence-electron chi connectivity index (χ2n) is 2.78. The molecular formula is C9H8N2S. The van der Waals surface area contributed by atoms with E-state index in [1.165, 1.54) is 11.1 Å². The molecule has 0 atom stereocenters. The van der Waals surface area contributed by atoms with Gasteiger partial charge in [0.1, 0.15) is 0 Å². The van der Waals surface area contributed by atoms with E-state index < -0.39 is 0 Å². The van der Waals surface area contributed by atoms with Crippen LogP contribution in [0.2, 0.25) is 0 Å². The fourth-order valence-electron chi connectivity index (χ4n) is 1.29. The minimum absolute atomic E-state index is 0.866. The number of azo groups is 1. The highest BCUT2D eigenvalue weighted by Gasteiger charge is 2.11. The van der Waals surface area contributed by atoms with Crippen molar-refractivity contribution in [2.75, 3.05) is 0 Å². The molecule has 0 bridgehead atoms. The summed E-state index contributed by atoms with van der Waals surface area (Å²) in [7, 11) is 0. The first kappa shape index (κ1) is 7.55. The van der Waals surface area contributed by atoms with Crippen LogP contribution in [0.1, 0.15) is 12.8 Å². The largest absolute Gasteiger partial charge is 0.159 e. The van der Waals surface area contributed by atoms with E-state index in [-0.39, 0.29) is 0 Å². The summed E-state index contributed by atoms with van der Waals surface area (Å²) in [6, 6.07) is 0. The highest BCUT2D eigenvalue weighted by Crippen LogP contribution is 2.25. The predicted octanol–water partition coefficient (Wildman–Crippen LogP) is 2.94. The van der Waals surface area contributed by atoms with Gasteiger partial charge in [0.05, 0.1) is 12.4 Å². The Bertz CT molecular complexity index is 334. The molecule has 12 heavy (non-hydrogen) atoms. The Balaban J connectivity index is 2.41. The van der Waals surface area contributed by atoms with Crippen LogP contribution in [0.15, 0.2) is 45.9 Å². The Morgan fingerprint density at radius 1 is 1.33 bits per heavy atom. The van der Waals surface area contributed by atoms with Crippen LogP contribution >= 0.6 is 12.2 Å². The zero-order valence-electron chi connectivity index (χ0n) is 6.53. The Morgan fingerprint density at radius 2 is 2.25 bits per heavy atom. The van der Waals surface area contributed by atoms with E-state index in [0.29, 0.717) is 0 Å². The molecule has 0 unspecified atom stereocenters. The topological polar surface area (TPSA) is 24.7 Å². The van der Waals surface area contributed by atoms with Crippen LogP contribution in [0.3, 0.4) is 0 Å². The lowest BCUT2D eigenvalue weighted by Gasteiger charge is -2.12. The summed E-state index contributed by atoms with van der Waals surface area (Å²) >= 11 is 5.14. The third-order valence-corrected chi connectivity index (χ3v) is 2.22. The average molecular weight is 176 g/mol. The smallest absolute Gasteiger partial charge is 0.0537 e. The number of hydrogen-bond acceptors (Lipinski definition) is 3. The van der Waals surface area contributed by atoms with Crippen molar-refractivity contribution in [3.05, 3.63) is 35.7 Å². The summed E-state index contributed by atoms with van der Waals surface area (Å²) < 4.78 is 0. The van der Waals surface area contributed by atoms with Crippen LogP contribution in [0, 0.1) is 0 Å². The minimum Gasteiger partial charge on any atom is -0.159 e. The lowest BCUT2D eigenvalue weighted by molar-refractivity contribution is 1.17. The zero-order valence-corrected chi connectivity index (χ0v) is 7.34. The lowest BCUT2D eigenvalue weighted by atomic mass is 9.94. The van der Waals surface area contributed by atoms with Crippen LogP contribution in [0.5, 0.6) is 0 Å². The van der Waals surface area contributed by atoms with Gasteiger partial charge in [0.2, 0.25) is 0 Å². The molecule has 2 nitrogen and oxygen atoms in total. The second kappa shape index (κ2) is 3.11. The van der Waals surface area contributed by atoms with Crippen LogP contribution in [-0.4, -0.2) is 4.86 Å². The molecule has 0 N–H and O–H groups in total. The first-order valence-corrected chi connectivity index (χ1v) is 4.25. The molecule has 2 aliphatic rings. The molecule has 3 heteroatoms. The maximum Gasteiger partial charge on any atom is 0.0537 e. The SMILES string of the molecule is S=C1CC=C2C=CN=NC=C2C1. The number of thiocarbonyl (C=S) groups is 1. The molecule has 0 fully saturated rings. The number of nitrogens with zero attached hydrogens (tertiary/aromatic N) is 2. The van der Waals surface area contributed by atoms with Gasteiger partial charge in [-0.15, -0.1) is 0 Å². The molecule has 1 heterocycles. The standard InChI is InChI=1S/C9H8N2S/c12-9-2-1-7-3-4-10-11-6-8(7)5-9/h1,3-4,6H,2,5H2. The number of rotatable bonds is 0. The summed E-state index contributed by atoms with van der Waals surface area (Å²) in [5.41, 5.74) is 2.40. The fourth-order valence-corrected chi connectivity index (χ4v) is 1.53. The summed E-state index contributed by atoms with van der Waals surface area (Å²) in [4.78, 5) is 1.08. The van der Waals surface area contributed by atoms with Gasteiger partial charge in [0.15, 0.2) is 0 Å². The molecule has 2 rings (SSSR count). The van der Waals surface area contributed by atoms with E-state index in [4.69, 9.17) is 12.2 Å². The van der Waals surface area contributed by atoms with Gasteiger partial charge >= 0.3 is 0 Å². The number of hydrogen-bond donors (Lipinski definition) is 0. The number of allylic oxidation sites excluding steroid dienone is 4. The molecule has 60 valence electrons. The van der Waals surface area contributed by atoms with Gasteiger partial charge < -0.3 is 0 Å². The molecule has 1 aliphatic heterocycles. The van der Waals surface area contributed by atoms with Crippen molar-refractivity contribution in [3.8, 4) is 0 Å². The maximum absolute atomic E-state index is 5.14. The van der Waals surface area contributed by atoms with Crippen molar-refractivity contribution >= 4 is 17.1 Å². The molecule has 0 aromatic carbocycles. The van der Waals surface area contributed by atoms with Crippen molar-refractivity contribution in [3.63, 3.8) is 0 Å². The van der Waals surface area contributed by atoms with Crippen molar-refractivity contribution in [1.29, 1.82) is 0 Å². The Hall–Kier alpha value is -1.09. The van der Waals surface area contributed by atoms with E-state index in [1.54, 1.807) is 12.4 Å². The van der Waals surface area contributed by atoms with E-state index in [2.05, 4.69) is 16.3 Å².